The number of hydrogen-bond donors (Lipinski definition) is 1. The summed E-state index contributed by atoms with van der Waals surface area (Å²) in [5.41, 5.74) is 2.53. The molecule has 2 heteroatoms. The number of nitrogens with one attached hydrogen (secondary N) is 1. The molecule has 20 heavy (non-hydrogen) atoms. The van der Waals surface area contributed by atoms with Gasteiger partial charge >= 0.3 is 0 Å². The number of benzene rings is 1. The third-order valence-electron chi connectivity index (χ3n) is 4.41. The van der Waals surface area contributed by atoms with Crippen molar-refractivity contribution in [1.82, 2.24) is 5.32 Å². The van der Waals surface area contributed by atoms with E-state index in [-0.39, 0.29) is 11.9 Å². The Morgan fingerprint density at radius 1 is 1.25 bits per heavy atom. The lowest BCUT2D eigenvalue weighted by Gasteiger charge is -2.20. The van der Waals surface area contributed by atoms with Crippen molar-refractivity contribution in [1.29, 1.82) is 0 Å². The minimum Gasteiger partial charge on any atom is -0.349 e. The number of carbonyl (C=O) groups is 1. The van der Waals surface area contributed by atoms with Crippen LogP contribution in [0.3, 0.4) is 0 Å². The highest BCUT2D eigenvalue weighted by atomic mass is 16.1. The van der Waals surface area contributed by atoms with Crippen molar-refractivity contribution in [2.45, 2.75) is 45.1 Å². The van der Waals surface area contributed by atoms with Crippen LogP contribution in [0.25, 0.3) is 0 Å². The molecule has 0 aliphatic heterocycles. The molecule has 0 aromatic heterocycles. The summed E-state index contributed by atoms with van der Waals surface area (Å²) in [4.78, 5) is 12.2. The number of hydrogen-bond acceptors (Lipinski definition) is 1. The molecular formula is C18H23NO. The molecule has 0 radical (unpaired) electrons. The summed E-state index contributed by atoms with van der Waals surface area (Å²) < 4.78 is 0. The zero-order valence-electron chi connectivity index (χ0n) is 12.1. The van der Waals surface area contributed by atoms with Crippen molar-refractivity contribution >= 4 is 5.91 Å². The summed E-state index contributed by atoms with van der Waals surface area (Å²) in [5, 5.41) is 3.27. The molecule has 2 unspecified atom stereocenters. The first-order valence-corrected chi connectivity index (χ1v) is 7.75. The molecule has 1 amide bonds. The van der Waals surface area contributed by atoms with Crippen LogP contribution >= 0.6 is 0 Å². The summed E-state index contributed by atoms with van der Waals surface area (Å²) >= 11 is 0. The third kappa shape index (κ3) is 3.30. The molecule has 2 aliphatic carbocycles. The molecular weight excluding hydrogens is 246 g/mol. The van der Waals surface area contributed by atoms with Gasteiger partial charge in [-0.25, -0.2) is 0 Å². The molecule has 0 spiro atoms. The average molecular weight is 269 g/mol. The van der Waals surface area contributed by atoms with Crippen LogP contribution in [0.4, 0.5) is 0 Å². The third-order valence-corrected chi connectivity index (χ3v) is 4.41. The lowest BCUT2D eigenvalue weighted by molar-refractivity contribution is -0.122. The SMILES string of the molecule is Cc1ccc(C(NC(=O)CC2C=CCC2)C2CC2)cc1. The Morgan fingerprint density at radius 3 is 2.60 bits per heavy atom. The summed E-state index contributed by atoms with van der Waals surface area (Å²) in [6.45, 7) is 2.10. The number of carbonyl (C=O) groups excluding carboxylic acids is 1. The van der Waals surface area contributed by atoms with Crippen molar-refractivity contribution in [2.75, 3.05) is 0 Å². The molecule has 2 atom stereocenters. The van der Waals surface area contributed by atoms with Gasteiger partial charge in [-0.2, -0.15) is 0 Å². The molecule has 1 N–H and O–H groups in total. The molecule has 106 valence electrons. The van der Waals surface area contributed by atoms with E-state index in [4.69, 9.17) is 0 Å². The monoisotopic (exact) mass is 269 g/mol. The van der Waals surface area contributed by atoms with Gasteiger partial charge in [-0.3, -0.25) is 4.79 Å². The number of allylic oxidation sites excluding steroid dienone is 2. The smallest absolute Gasteiger partial charge is 0.221 e. The van der Waals surface area contributed by atoms with Gasteiger partial charge in [-0.05, 0) is 50.0 Å². The van der Waals surface area contributed by atoms with Crippen LogP contribution in [0.2, 0.25) is 0 Å². The van der Waals surface area contributed by atoms with Gasteiger partial charge in [0.1, 0.15) is 0 Å². The van der Waals surface area contributed by atoms with E-state index in [1.807, 2.05) is 0 Å². The first-order valence-electron chi connectivity index (χ1n) is 7.75. The maximum absolute atomic E-state index is 12.2. The second-order valence-corrected chi connectivity index (χ2v) is 6.26. The van der Waals surface area contributed by atoms with E-state index in [1.165, 1.54) is 24.0 Å². The number of amides is 1. The molecule has 2 nitrogen and oxygen atoms in total. The van der Waals surface area contributed by atoms with Crippen LogP contribution < -0.4 is 5.32 Å². The van der Waals surface area contributed by atoms with Crippen molar-refractivity contribution in [3.05, 3.63) is 47.5 Å². The van der Waals surface area contributed by atoms with Gasteiger partial charge in [0.15, 0.2) is 0 Å². The zero-order chi connectivity index (χ0) is 13.9. The zero-order valence-corrected chi connectivity index (χ0v) is 12.1. The summed E-state index contributed by atoms with van der Waals surface area (Å²) in [5.74, 6) is 1.30. The summed E-state index contributed by atoms with van der Waals surface area (Å²) in [6, 6.07) is 8.81. The minimum atomic E-state index is 0.207. The standard InChI is InChI=1S/C18H23NO/c1-13-6-8-15(9-7-13)18(16-10-11-16)19-17(20)12-14-4-2-3-5-14/h2,4,6-9,14,16,18H,3,5,10-12H2,1H3,(H,19,20). The fraction of sp³-hybridized carbons (Fsp3) is 0.500. The summed E-state index contributed by atoms with van der Waals surface area (Å²) in [6.07, 6.45) is 9.76. The van der Waals surface area contributed by atoms with Crippen LogP contribution in [-0.4, -0.2) is 5.91 Å². The highest BCUT2D eigenvalue weighted by Crippen LogP contribution is 2.41. The van der Waals surface area contributed by atoms with Gasteiger partial charge in [-0.15, -0.1) is 0 Å². The van der Waals surface area contributed by atoms with Gasteiger partial charge in [-0.1, -0.05) is 42.0 Å². The maximum Gasteiger partial charge on any atom is 0.221 e. The van der Waals surface area contributed by atoms with Crippen LogP contribution in [-0.2, 0) is 4.79 Å². The summed E-state index contributed by atoms with van der Waals surface area (Å²) in [7, 11) is 0. The van der Waals surface area contributed by atoms with E-state index < -0.39 is 0 Å². The average Bonchev–Trinajstić information content (AvgIpc) is 3.16. The van der Waals surface area contributed by atoms with Crippen LogP contribution in [0.15, 0.2) is 36.4 Å². The Hall–Kier alpha value is -1.57. The predicted molar refractivity (Wildman–Crippen MR) is 81.3 cm³/mol. The van der Waals surface area contributed by atoms with Crippen molar-refractivity contribution in [2.24, 2.45) is 11.8 Å². The largest absolute Gasteiger partial charge is 0.349 e. The number of aryl methyl sites for hydroxylation is 1. The Kier molecular flexibility index (Phi) is 3.90. The van der Waals surface area contributed by atoms with Gasteiger partial charge in [0.05, 0.1) is 6.04 Å². The van der Waals surface area contributed by atoms with Crippen molar-refractivity contribution < 1.29 is 4.79 Å². The van der Waals surface area contributed by atoms with Gasteiger partial charge in [0.25, 0.3) is 0 Å². The molecule has 3 rings (SSSR count). The first kappa shape index (κ1) is 13.4. The Labute approximate surface area is 121 Å². The molecule has 0 saturated heterocycles. The highest BCUT2D eigenvalue weighted by molar-refractivity contribution is 5.77. The topological polar surface area (TPSA) is 29.1 Å². The van der Waals surface area contributed by atoms with E-state index in [9.17, 15) is 4.79 Å². The van der Waals surface area contributed by atoms with E-state index in [1.54, 1.807) is 0 Å². The van der Waals surface area contributed by atoms with E-state index in [2.05, 4.69) is 48.7 Å². The first-order chi connectivity index (χ1) is 9.72. The highest BCUT2D eigenvalue weighted by Gasteiger charge is 2.33. The van der Waals surface area contributed by atoms with Crippen molar-refractivity contribution in [3.8, 4) is 0 Å². The van der Waals surface area contributed by atoms with Crippen LogP contribution in [0.1, 0.15) is 49.3 Å². The minimum absolute atomic E-state index is 0.207. The van der Waals surface area contributed by atoms with Crippen LogP contribution in [0.5, 0.6) is 0 Å². The Balaban J connectivity index is 1.63. The van der Waals surface area contributed by atoms with E-state index in [0.29, 0.717) is 18.3 Å². The quantitative estimate of drug-likeness (QED) is 0.807. The van der Waals surface area contributed by atoms with E-state index in [0.717, 1.165) is 12.8 Å². The fourth-order valence-corrected chi connectivity index (χ4v) is 3.01. The second-order valence-electron chi connectivity index (χ2n) is 6.26. The molecule has 0 bridgehead atoms. The molecule has 0 heterocycles. The Bertz CT molecular complexity index is 499. The van der Waals surface area contributed by atoms with Gasteiger partial charge in [0, 0.05) is 6.42 Å². The predicted octanol–water partition coefficient (Wildman–Crippen LogP) is 3.92. The number of rotatable bonds is 5. The fourth-order valence-electron chi connectivity index (χ4n) is 3.01. The molecule has 1 saturated carbocycles. The van der Waals surface area contributed by atoms with Gasteiger partial charge in [0.2, 0.25) is 5.91 Å². The Morgan fingerprint density at radius 2 is 2.00 bits per heavy atom. The van der Waals surface area contributed by atoms with Crippen molar-refractivity contribution in [3.63, 3.8) is 0 Å². The second kappa shape index (κ2) is 5.82. The molecule has 1 aromatic rings. The molecule has 1 fully saturated rings. The molecule has 1 aromatic carbocycles. The maximum atomic E-state index is 12.2. The lowest BCUT2D eigenvalue weighted by atomic mass is 9.99. The van der Waals surface area contributed by atoms with Gasteiger partial charge < -0.3 is 5.32 Å². The normalized spacial score (nSPS) is 22.8. The lowest BCUT2D eigenvalue weighted by Crippen LogP contribution is -2.30. The van der Waals surface area contributed by atoms with E-state index >= 15 is 0 Å². The van der Waals surface area contributed by atoms with Crippen LogP contribution in [0, 0.1) is 18.8 Å². The molecule has 2 aliphatic rings.